The van der Waals surface area contributed by atoms with Crippen molar-refractivity contribution in [2.24, 2.45) is 0 Å². The Morgan fingerprint density at radius 3 is 2.56 bits per heavy atom. The standard InChI is InChI=1S/C15H23N/c1-3-13-7-9-14(10-8-13)15(2)11-5-4-6-12-16-15/h7-10,16H,3-6,11-12H2,1-2H3. The molecule has 1 nitrogen and oxygen atoms in total. The second-order valence-corrected chi connectivity index (χ2v) is 5.12. The van der Waals surface area contributed by atoms with Gasteiger partial charge in [0.05, 0.1) is 0 Å². The summed E-state index contributed by atoms with van der Waals surface area (Å²) in [6.45, 7) is 5.71. The summed E-state index contributed by atoms with van der Waals surface area (Å²) in [5.41, 5.74) is 3.08. The van der Waals surface area contributed by atoms with Crippen molar-refractivity contribution in [1.29, 1.82) is 0 Å². The first-order valence-electron chi connectivity index (χ1n) is 6.59. The Labute approximate surface area is 99.3 Å². The first-order valence-corrected chi connectivity index (χ1v) is 6.59. The molecule has 1 fully saturated rings. The minimum absolute atomic E-state index is 0.197. The molecule has 1 atom stereocenters. The quantitative estimate of drug-likeness (QED) is 0.797. The van der Waals surface area contributed by atoms with Gasteiger partial charge in [-0.05, 0) is 43.9 Å². The Bertz CT molecular complexity index is 318. The van der Waals surface area contributed by atoms with Crippen LogP contribution in [0.4, 0.5) is 0 Å². The van der Waals surface area contributed by atoms with Crippen molar-refractivity contribution in [1.82, 2.24) is 5.32 Å². The smallest absolute Gasteiger partial charge is 0.0406 e. The fourth-order valence-corrected chi connectivity index (χ4v) is 2.59. The summed E-state index contributed by atoms with van der Waals surface area (Å²) in [5.74, 6) is 0. The van der Waals surface area contributed by atoms with Crippen molar-refractivity contribution in [3.8, 4) is 0 Å². The zero-order valence-corrected chi connectivity index (χ0v) is 10.6. The summed E-state index contributed by atoms with van der Waals surface area (Å²) < 4.78 is 0. The van der Waals surface area contributed by atoms with Crippen LogP contribution in [0.3, 0.4) is 0 Å². The predicted molar refractivity (Wildman–Crippen MR) is 69.6 cm³/mol. The summed E-state index contributed by atoms with van der Waals surface area (Å²) >= 11 is 0. The van der Waals surface area contributed by atoms with Crippen LogP contribution in [0.2, 0.25) is 0 Å². The largest absolute Gasteiger partial charge is 0.308 e. The predicted octanol–water partition coefficient (Wildman–Crippen LogP) is 3.63. The Morgan fingerprint density at radius 1 is 1.12 bits per heavy atom. The van der Waals surface area contributed by atoms with Crippen molar-refractivity contribution in [3.05, 3.63) is 35.4 Å². The molecule has 0 spiro atoms. The highest BCUT2D eigenvalue weighted by Gasteiger charge is 2.26. The van der Waals surface area contributed by atoms with Gasteiger partial charge in [0, 0.05) is 5.54 Å². The van der Waals surface area contributed by atoms with Crippen LogP contribution < -0.4 is 5.32 Å². The van der Waals surface area contributed by atoms with Gasteiger partial charge in [0.15, 0.2) is 0 Å². The van der Waals surface area contributed by atoms with Crippen LogP contribution in [-0.2, 0) is 12.0 Å². The second-order valence-electron chi connectivity index (χ2n) is 5.12. The number of benzene rings is 1. The normalized spacial score (nSPS) is 26.4. The molecule has 0 bridgehead atoms. The number of hydrogen-bond donors (Lipinski definition) is 1. The lowest BCUT2D eigenvalue weighted by molar-refractivity contribution is 0.359. The van der Waals surface area contributed by atoms with Gasteiger partial charge in [0.2, 0.25) is 0 Å². The maximum atomic E-state index is 3.71. The van der Waals surface area contributed by atoms with Crippen molar-refractivity contribution >= 4 is 0 Å². The summed E-state index contributed by atoms with van der Waals surface area (Å²) in [4.78, 5) is 0. The van der Waals surface area contributed by atoms with Crippen molar-refractivity contribution in [2.75, 3.05) is 6.54 Å². The summed E-state index contributed by atoms with van der Waals surface area (Å²) in [7, 11) is 0. The van der Waals surface area contributed by atoms with E-state index in [-0.39, 0.29) is 5.54 Å². The van der Waals surface area contributed by atoms with Gasteiger partial charge in [-0.2, -0.15) is 0 Å². The molecule has 0 aliphatic carbocycles. The molecule has 1 saturated heterocycles. The average molecular weight is 217 g/mol. The molecule has 1 unspecified atom stereocenters. The van der Waals surface area contributed by atoms with Crippen LogP contribution in [0.25, 0.3) is 0 Å². The maximum absolute atomic E-state index is 3.71. The van der Waals surface area contributed by atoms with E-state index in [1.807, 2.05) is 0 Å². The van der Waals surface area contributed by atoms with E-state index in [4.69, 9.17) is 0 Å². The number of aryl methyl sites for hydroxylation is 1. The number of rotatable bonds is 2. The van der Waals surface area contributed by atoms with Gasteiger partial charge >= 0.3 is 0 Å². The van der Waals surface area contributed by atoms with Crippen LogP contribution in [0.15, 0.2) is 24.3 Å². The van der Waals surface area contributed by atoms with E-state index >= 15 is 0 Å². The average Bonchev–Trinajstić information content (AvgIpc) is 2.55. The van der Waals surface area contributed by atoms with E-state index in [9.17, 15) is 0 Å². The fraction of sp³-hybridized carbons (Fsp3) is 0.600. The molecule has 0 radical (unpaired) electrons. The SMILES string of the molecule is CCc1ccc(C2(C)CCCCCN2)cc1. The lowest BCUT2D eigenvalue weighted by atomic mass is 9.87. The van der Waals surface area contributed by atoms with E-state index in [0.717, 1.165) is 13.0 Å². The third kappa shape index (κ3) is 2.46. The van der Waals surface area contributed by atoms with E-state index in [0.29, 0.717) is 0 Å². The molecule has 1 heterocycles. The molecule has 1 N–H and O–H groups in total. The van der Waals surface area contributed by atoms with E-state index in [1.54, 1.807) is 0 Å². The van der Waals surface area contributed by atoms with E-state index < -0.39 is 0 Å². The van der Waals surface area contributed by atoms with E-state index in [1.165, 1.54) is 36.8 Å². The van der Waals surface area contributed by atoms with Crippen molar-refractivity contribution in [3.63, 3.8) is 0 Å². The molecule has 1 heteroatoms. The summed E-state index contributed by atoms with van der Waals surface area (Å²) in [6, 6.07) is 9.15. The van der Waals surface area contributed by atoms with Gasteiger partial charge in [0.1, 0.15) is 0 Å². The minimum Gasteiger partial charge on any atom is -0.308 e. The van der Waals surface area contributed by atoms with Gasteiger partial charge in [0.25, 0.3) is 0 Å². The first kappa shape index (κ1) is 11.7. The van der Waals surface area contributed by atoms with E-state index in [2.05, 4.69) is 43.4 Å². The third-order valence-corrected chi connectivity index (χ3v) is 3.87. The van der Waals surface area contributed by atoms with Gasteiger partial charge in [-0.1, -0.05) is 44.0 Å². The Morgan fingerprint density at radius 2 is 1.88 bits per heavy atom. The van der Waals surface area contributed by atoms with Gasteiger partial charge < -0.3 is 5.32 Å². The zero-order valence-electron chi connectivity index (χ0n) is 10.6. The van der Waals surface area contributed by atoms with Gasteiger partial charge in [-0.15, -0.1) is 0 Å². The van der Waals surface area contributed by atoms with Crippen molar-refractivity contribution < 1.29 is 0 Å². The van der Waals surface area contributed by atoms with Crippen LogP contribution in [0, 0.1) is 0 Å². The van der Waals surface area contributed by atoms with Crippen LogP contribution >= 0.6 is 0 Å². The zero-order chi connectivity index (χ0) is 11.4. The summed E-state index contributed by atoms with van der Waals surface area (Å²) in [6.07, 6.45) is 6.43. The highest BCUT2D eigenvalue weighted by Crippen LogP contribution is 2.29. The van der Waals surface area contributed by atoms with Crippen molar-refractivity contribution in [2.45, 2.75) is 51.5 Å². The fourth-order valence-electron chi connectivity index (χ4n) is 2.59. The molecule has 0 aromatic heterocycles. The monoisotopic (exact) mass is 217 g/mol. The highest BCUT2D eigenvalue weighted by molar-refractivity contribution is 5.28. The molecule has 0 amide bonds. The topological polar surface area (TPSA) is 12.0 Å². The summed E-state index contributed by atoms with van der Waals surface area (Å²) in [5, 5.41) is 3.71. The van der Waals surface area contributed by atoms with Crippen LogP contribution in [0.1, 0.15) is 50.7 Å². The maximum Gasteiger partial charge on any atom is 0.0406 e. The lowest BCUT2D eigenvalue weighted by Crippen LogP contribution is -2.38. The molecule has 1 aliphatic rings. The molecule has 88 valence electrons. The highest BCUT2D eigenvalue weighted by atomic mass is 15.0. The second kappa shape index (κ2) is 5.01. The first-order chi connectivity index (χ1) is 7.74. The Hall–Kier alpha value is -0.820. The Balaban J connectivity index is 2.19. The van der Waals surface area contributed by atoms with Crippen LogP contribution in [-0.4, -0.2) is 6.54 Å². The molecule has 0 saturated carbocycles. The molecular formula is C15H23N. The molecule has 2 rings (SSSR count). The molecule has 1 aromatic rings. The lowest BCUT2D eigenvalue weighted by Gasteiger charge is -2.30. The molecular weight excluding hydrogens is 194 g/mol. The molecule has 1 aliphatic heterocycles. The number of hydrogen-bond acceptors (Lipinski definition) is 1. The minimum atomic E-state index is 0.197. The molecule has 16 heavy (non-hydrogen) atoms. The van der Waals surface area contributed by atoms with Crippen LogP contribution in [0.5, 0.6) is 0 Å². The number of nitrogens with one attached hydrogen (secondary N) is 1. The Kier molecular flexibility index (Phi) is 3.65. The molecule has 1 aromatic carbocycles. The van der Waals surface area contributed by atoms with Gasteiger partial charge in [-0.3, -0.25) is 0 Å². The van der Waals surface area contributed by atoms with Gasteiger partial charge in [-0.25, -0.2) is 0 Å². The third-order valence-electron chi connectivity index (χ3n) is 3.87.